The molecule has 42 heteroatoms. The van der Waals surface area contributed by atoms with Gasteiger partial charge in [-0.05, 0) is 16.7 Å². The van der Waals surface area contributed by atoms with Gasteiger partial charge in [-0.2, -0.15) is 0 Å². The summed E-state index contributed by atoms with van der Waals surface area (Å²) in [5, 5.41) is 160. The zero-order chi connectivity index (χ0) is 76.1. The predicted molar refractivity (Wildman–Crippen MR) is 403 cm³/mol. The Morgan fingerprint density at radius 1 is 0.217 bits per heavy atom. The average Bonchev–Trinajstić information content (AvgIpc) is 1.49. The van der Waals surface area contributed by atoms with Crippen molar-refractivity contribution in [2.45, 2.75) is 89.1 Å². The number of aliphatic hydroxyl groups is 12. The zero-order valence-electron chi connectivity index (χ0n) is 57.3. The summed E-state index contributed by atoms with van der Waals surface area (Å²) in [5.41, 5.74) is 0.470. The van der Waals surface area contributed by atoms with Crippen LogP contribution in [0.2, 0.25) is 0 Å². The van der Waals surface area contributed by atoms with Gasteiger partial charge in [0.25, 0.3) is 0 Å². The van der Waals surface area contributed by atoms with E-state index in [-0.39, 0.29) is 205 Å². The van der Waals surface area contributed by atoms with Crippen molar-refractivity contribution in [3.05, 3.63) is 33.4 Å². The molecular weight excluding hydrogens is 1630 g/mol. The van der Waals surface area contributed by atoms with Gasteiger partial charge in [0.15, 0.2) is 0 Å². The van der Waals surface area contributed by atoms with Crippen molar-refractivity contribution in [2.75, 3.05) is 238 Å². The average molecular weight is 1720 g/mol. The highest BCUT2D eigenvalue weighted by Gasteiger charge is 2.59. The SMILES string of the molecule is O=C(O)c1c2c(c(C(c3c4c(c(C(=O)O)c5c3SC(COCCO)(COCCO)S5)SC(COCCO)(COCCO)S4)c3c4c(c(C(=O)O)c5c3SC(COCCO)(COCCO)S5)SC(COCCO)(COCCO)S4)c3c1SC(COCCO)(COCCO)S3)SC(COCCO)(COCCO)S2. The first-order valence-electron chi connectivity index (χ1n) is 33.3. The van der Waals surface area contributed by atoms with E-state index in [0.717, 1.165) is 70.6 Å². The van der Waals surface area contributed by atoms with Crippen LogP contribution in [0.3, 0.4) is 0 Å². The molecule has 0 aromatic heterocycles. The summed E-state index contributed by atoms with van der Waals surface area (Å²) in [7, 11) is 0. The molecule has 0 fully saturated rings. The second-order valence-corrected chi connectivity index (χ2v) is 41.9. The Morgan fingerprint density at radius 3 is 0.434 bits per heavy atom. The van der Waals surface area contributed by atoms with Gasteiger partial charge in [-0.15, -0.1) is 141 Å². The molecule has 0 saturated heterocycles. The van der Waals surface area contributed by atoms with E-state index in [0.29, 0.717) is 46.1 Å². The minimum Gasteiger partial charge on any atom is -0.478 e. The fourth-order valence-electron chi connectivity index (χ4n) is 11.8. The van der Waals surface area contributed by atoms with Gasteiger partial charge in [0.1, 0.15) is 24.5 Å². The van der Waals surface area contributed by atoms with Crippen molar-refractivity contribution in [1.82, 2.24) is 0 Å². The summed E-state index contributed by atoms with van der Waals surface area (Å²) in [6.07, 6.45) is 0. The maximum absolute atomic E-state index is 14.9. The highest BCUT2D eigenvalue weighted by molar-refractivity contribution is 8.23. The van der Waals surface area contributed by atoms with Gasteiger partial charge in [0.05, 0.1) is 255 Å². The number of benzene rings is 3. The van der Waals surface area contributed by atoms with E-state index in [4.69, 9.17) is 56.8 Å². The molecule has 3 aromatic rings. The first-order chi connectivity index (χ1) is 51.3. The summed E-state index contributed by atoms with van der Waals surface area (Å²) in [6, 6.07) is 0. The monoisotopic (exact) mass is 1720 g/mol. The van der Waals surface area contributed by atoms with Gasteiger partial charge in [0, 0.05) is 64.7 Å². The lowest BCUT2D eigenvalue weighted by Crippen LogP contribution is -2.32. The van der Waals surface area contributed by atoms with Gasteiger partial charge in [0.2, 0.25) is 0 Å². The van der Waals surface area contributed by atoms with Crippen LogP contribution in [0.15, 0.2) is 58.7 Å². The van der Waals surface area contributed by atoms with Gasteiger partial charge in [-0.3, -0.25) is 0 Å². The van der Waals surface area contributed by atoms with E-state index in [9.17, 15) is 91.0 Å². The number of ether oxygens (including phenoxy) is 12. The van der Waals surface area contributed by atoms with Crippen molar-refractivity contribution in [2.24, 2.45) is 0 Å². The lowest BCUT2D eigenvalue weighted by atomic mass is 9.83. The molecule has 596 valence electrons. The zero-order valence-corrected chi connectivity index (χ0v) is 67.1. The summed E-state index contributed by atoms with van der Waals surface area (Å²) < 4.78 is 66.8. The minimum atomic E-state index is -1.45. The lowest BCUT2D eigenvalue weighted by Gasteiger charge is -2.33. The molecule has 6 aliphatic heterocycles. The predicted octanol–water partition coefficient (Wildman–Crippen LogP) is 3.43. The molecule has 15 N–H and O–H groups in total. The molecule has 6 aliphatic rings. The molecule has 6 heterocycles. The van der Waals surface area contributed by atoms with Crippen molar-refractivity contribution in [1.29, 1.82) is 0 Å². The van der Waals surface area contributed by atoms with Gasteiger partial charge in [-0.1, -0.05) is 0 Å². The van der Waals surface area contributed by atoms with Gasteiger partial charge < -0.3 is 133 Å². The van der Waals surface area contributed by atoms with E-state index in [1.54, 1.807) is 0 Å². The van der Waals surface area contributed by atoms with Gasteiger partial charge in [-0.25, -0.2) is 14.4 Å². The number of fused-ring (bicyclic) bond motifs is 6. The van der Waals surface area contributed by atoms with Crippen molar-refractivity contribution >= 4 is 159 Å². The number of rotatable bonds is 54. The van der Waals surface area contributed by atoms with Crippen LogP contribution >= 0.6 is 141 Å². The fraction of sp³-hybridized carbons (Fsp3) is 0.672. The number of carbonyl (C=O) groups is 3. The number of hydrogen-bond donors (Lipinski definition) is 15. The number of hydrogen-bond acceptors (Lipinski definition) is 39. The van der Waals surface area contributed by atoms with Crippen LogP contribution in [0.1, 0.15) is 53.7 Å². The van der Waals surface area contributed by atoms with E-state index >= 15 is 0 Å². The van der Waals surface area contributed by atoms with Crippen LogP contribution in [0.5, 0.6) is 0 Å². The number of carboxylic acids is 3. The minimum absolute atomic E-state index is 0.175. The number of thioether (sulfide) groups is 12. The molecule has 0 spiro atoms. The molecule has 0 amide bonds. The molecule has 0 unspecified atom stereocenters. The molecule has 0 aliphatic carbocycles. The van der Waals surface area contributed by atoms with Crippen LogP contribution < -0.4 is 0 Å². The summed E-state index contributed by atoms with van der Waals surface area (Å²) in [4.78, 5) is 47.6. The van der Waals surface area contributed by atoms with Crippen molar-refractivity contribution in [3.63, 3.8) is 0 Å². The summed E-state index contributed by atoms with van der Waals surface area (Å²) in [5.74, 6) is -5.62. The first kappa shape index (κ1) is 89.2. The maximum Gasteiger partial charge on any atom is 0.338 e. The Morgan fingerprint density at radius 2 is 0.330 bits per heavy atom. The number of carboxylic acid groups (broad SMARTS) is 3. The van der Waals surface area contributed by atoms with Crippen LogP contribution in [0.25, 0.3) is 0 Å². The Bertz CT molecular complexity index is 2850. The molecule has 106 heavy (non-hydrogen) atoms. The van der Waals surface area contributed by atoms with Crippen LogP contribution in [0.4, 0.5) is 0 Å². The Hall–Kier alpha value is -0.690. The number of aromatic carboxylic acids is 3. The second-order valence-electron chi connectivity index (χ2n) is 23.7. The maximum atomic E-state index is 14.9. The number of aliphatic hydroxyl groups excluding tert-OH is 12. The smallest absolute Gasteiger partial charge is 0.338 e. The molecule has 9 rings (SSSR count). The van der Waals surface area contributed by atoms with Crippen LogP contribution in [-0.4, -0.2) is 357 Å². The van der Waals surface area contributed by atoms with E-state index in [2.05, 4.69) is 0 Å². The Labute approximate surface area is 662 Å². The molecule has 0 bridgehead atoms. The summed E-state index contributed by atoms with van der Waals surface area (Å²) in [6.45, 7) is -9.88. The topological polar surface area (TPSA) is 465 Å². The quantitative estimate of drug-likeness (QED) is 0.0284. The first-order valence-corrected chi connectivity index (χ1v) is 43.1. The normalized spacial score (nSPS) is 17.9. The molecule has 0 radical (unpaired) electrons. The third kappa shape index (κ3) is 20.9. The van der Waals surface area contributed by atoms with Crippen LogP contribution in [-0.2, 0) is 56.8 Å². The molecule has 0 saturated carbocycles. The fourth-order valence-corrected chi connectivity index (χ4v) is 31.7. The van der Waals surface area contributed by atoms with Crippen molar-refractivity contribution < 1.29 is 148 Å². The molecule has 0 atom stereocenters. The molecule has 3 aromatic carbocycles. The second kappa shape index (κ2) is 42.8. The van der Waals surface area contributed by atoms with E-state index < -0.39 is 128 Å². The summed E-state index contributed by atoms with van der Waals surface area (Å²) >= 11 is 13.7. The van der Waals surface area contributed by atoms with E-state index in [1.807, 2.05) is 0 Å². The Kier molecular flexibility index (Phi) is 36.0. The van der Waals surface area contributed by atoms with E-state index in [1.165, 1.54) is 70.6 Å². The highest BCUT2D eigenvalue weighted by atomic mass is 32.2. The standard InChI is InChI=1S/C64H88O30S12/c65-1-13-83-25-59(26-84-14-2-66)95-44-38(45-51(41(56(77)78)50(44)101-59)102-60(96-45,27-85-15-3-67)28-86-16-4-68)37(39-46-52(103-61(97-46,29-87-17-5-69)30-88-18-6-70)42(57(79)80)53-47(39)98-62(104-53,31-89-19-7-71)32-90-20-8-72)40-48-54(105-63(99-48,33-91-21-9-73)34-92-22-10-74)43(58(81)82)55-49(40)100-64(106-55,35-93-23-11-75)36-94-24-12-76/h37,65-76H,1-36H2,(H,77,78)(H,79,80)(H,81,82). The van der Waals surface area contributed by atoms with Crippen LogP contribution in [0, 0.1) is 0 Å². The lowest BCUT2D eigenvalue weighted by molar-refractivity contribution is 0.0501. The van der Waals surface area contributed by atoms with Gasteiger partial charge >= 0.3 is 17.9 Å². The highest BCUT2D eigenvalue weighted by Crippen LogP contribution is 2.76. The third-order valence-corrected chi connectivity index (χ3v) is 34.2. The third-order valence-electron chi connectivity index (χ3n) is 15.7. The molecule has 30 nitrogen and oxygen atoms in total. The largest absolute Gasteiger partial charge is 0.478 e. The molecular formula is C64H88O30S12. The Balaban J connectivity index is 1.58. The van der Waals surface area contributed by atoms with Crippen molar-refractivity contribution in [3.8, 4) is 0 Å².